The number of hydrogen-bond acceptors (Lipinski definition) is 7. The summed E-state index contributed by atoms with van der Waals surface area (Å²) in [5, 5.41) is 3.30. The van der Waals surface area contributed by atoms with Crippen molar-refractivity contribution in [3.8, 4) is 10.4 Å². The fourth-order valence-corrected chi connectivity index (χ4v) is 9.76. The Bertz CT molecular complexity index is 2290. The number of para-hydroxylation sites is 1. The number of aromatic nitrogens is 1. The molecule has 8 nitrogen and oxygen atoms in total. The molecule has 2 amide bonds. The van der Waals surface area contributed by atoms with E-state index >= 15 is 0 Å². The van der Waals surface area contributed by atoms with E-state index in [0.29, 0.717) is 34.7 Å². The highest BCUT2D eigenvalue weighted by Gasteiger charge is 2.45. The Kier molecular flexibility index (Phi) is 9.08. The molecule has 0 atom stereocenters. The molecular weight excluding hydrogens is 723 g/mol. The van der Waals surface area contributed by atoms with Crippen LogP contribution in [-0.4, -0.2) is 55.4 Å². The summed E-state index contributed by atoms with van der Waals surface area (Å²) < 4.78 is 20.1. The molecule has 0 radical (unpaired) electrons. The van der Waals surface area contributed by atoms with E-state index < -0.39 is 5.82 Å². The molecule has 274 valence electrons. The lowest BCUT2D eigenvalue weighted by atomic mass is 9.73. The third-order valence-electron chi connectivity index (χ3n) is 11.3. The molecule has 11 heteroatoms. The lowest BCUT2D eigenvalue weighted by Crippen LogP contribution is -2.59. The summed E-state index contributed by atoms with van der Waals surface area (Å²) >= 11 is 7.57. The highest BCUT2D eigenvalue weighted by atomic mass is 35.5. The molecule has 9 rings (SSSR count). The van der Waals surface area contributed by atoms with Crippen LogP contribution in [0.5, 0.6) is 0 Å². The highest BCUT2D eigenvalue weighted by Crippen LogP contribution is 2.44. The minimum atomic E-state index is -0.500. The smallest absolute Gasteiger partial charge is 0.259 e. The zero-order chi connectivity index (χ0) is 37.0. The number of Topliss-reactive ketones (excluding diaryl/α,β-unsaturated/α-hetero) is 1. The van der Waals surface area contributed by atoms with Crippen molar-refractivity contribution in [2.45, 2.75) is 44.9 Å². The molecule has 2 aromatic heterocycles. The molecule has 0 bridgehead atoms. The van der Waals surface area contributed by atoms with Gasteiger partial charge in [0, 0.05) is 82.7 Å². The van der Waals surface area contributed by atoms with E-state index in [2.05, 4.69) is 10.2 Å². The molecule has 1 aliphatic carbocycles. The Morgan fingerprint density at radius 2 is 1.72 bits per heavy atom. The highest BCUT2D eigenvalue weighted by molar-refractivity contribution is 7.17. The average Bonchev–Trinajstić information content (AvgIpc) is 3.79. The molecule has 0 saturated carbocycles. The summed E-state index contributed by atoms with van der Waals surface area (Å²) in [6, 6.07) is 23.0. The average molecular weight is 761 g/mol. The first kappa shape index (κ1) is 34.8. The first-order chi connectivity index (χ1) is 26.2. The number of ether oxygens (including phenoxy) is 1. The number of nitrogens with zero attached hydrogens (tertiary/aromatic N) is 3. The van der Waals surface area contributed by atoms with Crippen molar-refractivity contribution >= 4 is 57.7 Å². The van der Waals surface area contributed by atoms with Gasteiger partial charge in [-0.2, -0.15) is 0 Å². The molecule has 3 aliphatic heterocycles. The normalized spacial score (nSPS) is 16.9. The Morgan fingerprint density at radius 1 is 0.926 bits per heavy atom. The maximum absolute atomic E-state index is 14.5. The topological polar surface area (TPSA) is 91.8 Å². The molecule has 1 N–H and O–H groups in total. The molecular formula is C43H38ClFN4O4S. The third kappa shape index (κ3) is 6.40. The fourth-order valence-electron chi connectivity index (χ4n) is 8.35. The number of halogens is 2. The second-order valence-electron chi connectivity index (χ2n) is 14.8. The van der Waals surface area contributed by atoms with Gasteiger partial charge < -0.3 is 19.9 Å². The van der Waals surface area contributed by atoms with Crippen molar-refractivity contribution < 1.29 is 23.5 Å². The fraction of sp³-hybridized carbons (Fsp3) is 0.302. The van der Waals surface area contributed by atoms with Crippen LogP contribution in [0.3, 0.4) is 0 Å². The van der Waals surface area contributed by atoms with Gasteiger partial charge in [-0.25, -0.2) is 9.37 Å². The van der Waals surface area contributed by atoms with Crippen LogP contribution in [0.25, 0.3) is 10.4 Å². The predicted octanol–water partition coefficient (Wildman–Crippen LogP) is 8.59. The van der Waals surface area contributed by atoms with E-state index in [-0.39, 0.29) is 40.0 Å². The lowest BCUT2D eigenvalue weighted by molar-refractivity contribution is -0.000521. The van der Waals surface area contributed by atoms with E-state index in [4.69, 9.17) is 21.3 Å². The summed E-state index contributed by atoms with van der Waals surface area (Å²) in [4.78, 5) is 51.8. The van der Waals surface area contributed by atoms with Gasteiger partial charge in [-0.05, 0) is 104 Å². The summed E-state index contributed by atoms with van der Waals surface area (Å²) in [7, 11) is 0. The number of rotatable bonds is 7. The Labute approximate surface area is 321 Å². The minimum Gasteiger partial charge on any atom is -0.381 e. The number of benzene rings is 3. The standard InChI is InChI=1S/C43H38ClFN4O4S/c44-33-7-4-8-34(45)31(33)23-37(50)38-22-28-15-18-49(36-10-2-1-6-30(36)39(28)54-38)42(52)26-11-13-29(14-12-26)46-41(51)32-21-27-5-3-9-35(27)47-40(32)48-24-43(25-48)16-19-53-20-17-43/h1-2,4,6-8,10-14,21-22H,3,5,9,15-20,23-25H2,(H,46,51). The first-order valence-corrected chi connectivity index (χ1v) is 19.7. The van der Waals surface area contributed by atoms with E-state index in [9.17, 15) is 18.8 Å². The van der Waals surface area contributed by atoms with Gasteiger partial charge in [-0.15, -0.1) is 11.3 Å². The molecule has 54 heavy (non-hydrogen) atoms. The van der Waals surface area contributed by atoms with Crippen LogP contribution in [0.1, 0.15) is 72.0 Å². The number of hydrogen-bond donors (Lipinski definition) is 1. The van der Waals surface area contributed by atoms with Crippen molar-refractivity contribution in [1.82, 2.24) is 4.98 Å². The number of nitrogens with one attached hydrogen (secondary N) is 1. The van der Waals surface area contributed by atoms with Crippen molar-refractivity contribution in [2.75, 3.05) is 48.0 Å². The molecule has 3 aromatic carbocycles. The van der Waals surface area contributed by atoms with E-state index in [1.54, 1.807) is 35.2 Å². The molecule has 2 saturated heterocycles. The van der Waals surface area contributed by atoms with Crippen LogP contribution in [0, 0.1) is 11.2 Å². The summed E-state index contributed by atoms with van der Waals surface area (Å²) in [6.07, 6.45) is 5.40. The molecule has 0 unspecified atom stereocenters. The minimum absolute atomic E-state index is 0.131. The zero-order valence-electron chi connectivity index (χ0n) is 29.6. The van der Waals surface area contributed by atoms with Gasteiger partial charge in [-0.1, -0.05) is 35.9 Å². The summed E-state index contributed by atoms with van der Waals surface area (Å²) in [6.45, 7) is 3.75. The number of carbonyl (C=O) groups is 3. The van der Waals surface area contributed by atoms with E-state index in [1.807, 2.05) is 36.4 Å². The quantitative estimate of drug-likeness (QED) is 0.167. The Morgan fingerprint density at radius 3 is 2.52 bits per heavy atom. The van der Waals surface area contributed by atoms with Crippen LogP contribution in [0.4, 0.5) is 21.6 Å². The van der Waals surface area contributed by atoms with Crippen LogP contribution >= 0.6 is 22.9 Å². The van der Waals surface area contributed by atoms with Gasteiger partial charge in [-0.3, -0.25) is 14.4 Å². The molecule has 5 heterocycles. The van der Waals surface area contributed by atoms with Crippen LogP contribution in [-0.2, 0) is 30.4 Å². The van der Waals surface area contributed by atoms with Crippen molar-refractivity contribution in [1.29, 1.82) is 0 Å². The molecule has 5 aromatic rings. The molecule has 1 spiro atoms. The van der Waals surface area contributed by atoms with Gasteiger partial charge >= 0.3 is 0 Å². The number of pyridine rings is 1. The van der Waals surface area contributed by atoms with Gasteiger partial charge in [0.1, 0.15) is 11.6 Å². The number of amides is 2. The van der Waals surface area contributed by atoms with Crippen molar-refractivity contribution in [3.63, 3.8) is 0 Å². The Hall–Kier alpha value is -4.90. The van der Waals surface area contributed by atoms with Gasteiger partial charge in [0.2, 0.25) is 0 Å². The number of ketones is 1. The third-order valence-corrected chi connectivity index (χ3v) is 12.9. The van der Waals surface area contributed by atoms with Crippen LogP contribution in [0.2, 0.25) is 5.02 Å². The van der Waals surface area contributed by atoms with Crippen molar-refractivity contribution in [3.05, 3.63) is 128 Å². The molecule has 2 fully saturated rings. The second kappa shape index (κ2) is 14.1. The summed E-state index contributed by atoms with van der Waals surface area (Å²) in [5.74, 6) is -0.311. The van der Waals surface area contributed by atoms with Crippen LogP contribution < -0.4 is 15.1 Å². The van der Waals surface area contributed by atoms with Gasteiger partial charge in [0.15, 0.2) is 5.78 Å². The number of anilines is 3. The largest absolute Gasteiger partial charge is 0.381 e. The second-order valence-corrected chi connectivity index (χ2v) is 16.3. The number of thiophene rings is 1. The first-order valence-electron chi connectivity index (χ1n) is 18.5. The monoisotopic (exact) mass is 760 g/mol. The lowest BCUT2D eigenvalue weighted by Gasteiger charge is -2.53. The number of aryl methyl sites for hydroxylation is 2. The van der Waals surface area contributed by atoms with Gasteiger partial charge in [0.25, 0.3) is 11.8 Å². The molecule has 4 aliphatic rings. The SMILES string of the molecule is O=C(Cc1c(F)cccc1Cl)c1cc2c(s1)-c1ccccc1N(C(=O)c1ccc(NC(=O)c3cc4c(nc3N3CC5(CCOCC5)C3)CCC4)cc1)CC2. The van der Waals surface area contributed by atoms with Crippen LogP contribution in [0.15, 0.2) is 78.9 Å². The van der Waals surface area contributed by atoms with E-state index in [1.165, 1.54) is 23.5 Å². The zero-order valence-corrected chi connectivity index (χ0v) is 31.2. The van der Waals surface area contributed by atoms with E-state index in [0.717, 1.165) is 97.2 Å². The summed E-state index contributed by atoms with van der Waals surface area (Å²) in [5.41, 5.74) is 6.94. The number of carbonyl (C=O) groups excluding carboxylic acids is 3. The maximum Gasteiger partial charge on any atom is 0.259 e. The van der Waals surface area contributed by atoms with Gasteiger partial charge in [0.05, 0.1) is 16.1 Å². The van der Waals surface area contributed by atoms with Crippen molar-refractivity contribution in [2.24, 2.45) is 5.41 Å². The maximum atomic E-state index is 14.5. The number of fused-ring (bicyclic) bond motifs is 4. The predicted molar refractivity (Wildman–Crippen MR) is 210 cm³/mol. The Balaban J connectivity index is 0.917.